The smallest absolute Gasteiger partial charge is 0.191 e. The first kappa shape index (κ1) is 22.1. The molecule has 0 radical (unpaired) electrons. The lowest BCUT2D eigenvalue weighted by Crippen LogP contribution is -2.38. The molecular weight excluding hydrogens is 378 g/mol. The molecule has 6 heteroatoms. The summed E-state index contributed by atoms with van der Waals surface area (Å²) in [4.78, 5) is 4.71. The Labute approximate surface area is 179 Å². The van der Waals surface area contributed by atoms with Crippen LogP contribution in [-0.4, -0.2) is 45.0 Å². The van der Waals surface area contributed by atoms with Crippen LogP contribution in [0.5, 0.6) is 5.75 Å². The first-order valence-electron chi connectivity index (χ1n) is 10.8. The first-order chi connectivity index (χ1) is 14.8. The summed E-state index contributed by atoms with van der Waals surface area (Å²) >= 11 is 0. The number of ether oxygens (including phenoxy) is 3. The van der Waals surface area contributed by atoms with Crippen molar-refractivity contribution in [3.05, 3.63) is 65.7 Å². The Morgan fingerprint density at radius 3 is 2.77 bits per heavy atom. The SMILES string of the molecule is CCNC(=NCc1cccc(COc2ccccc2)c1)NCCCOC1CCOC1. The van der Waals surface area contributed by atoms with Crippen molar-refractivity contribution in [3.63, 3.8) is 0 Å². The van der Waals surface area contributed by atoms with Gasteiger partial charge in [-0.1, -0.05) is 42.5 Å². The van der Waals surface area contributed by atoms with E-state index in [4.69, 9.17) is 19.2 Å². The van der Waals surface area contributed by atoms with Gasteiger partial charge in [0.25, 0.3) is 0 Å². The normalized spacial score (nSPS) is 16.4. The van der Waals surface area contributed by atoms with Crippen LogP contribution in [-0.2, 0) is 22.6 Å². The molecule has 1 aliphatic heterocycles. The molecule has 2 aromatic carbocycles. The summed E-state index contributed by atoms with van der Waals surface area (Å²) in [6.07, 6.45) is 2.21. The summed E-state index contributed by atoms with van der Waals surface area (Å²) in [6, 6.07) is 18.2. The van der Waals surface area contributed by atoms with E-state index in [-0.39, 0.29) is 6.10 Å². The molecule has 2 N–H and O–H groups in total. The summed E-state index contributed by atoms with van der Waals surface area (Å²) in [5.74, 6) is 1.71. The van der Waals surface area contributed by atoms with Crippen molar-refractivity contribution in [2.75, 3.05) is 32.9 Å². The van der Waals surface area contributed by atoms with Gasteiger partial charge < -0.3 is 24.8 Å². The average Bonchev–Trinajstić information content (AvgIpc) is 3.30. The summed E-state index contributed by atoms with van der Waals surface area (Å²) in [5, 5.41) is 6.68. The Kier molecular flexibility index (Phi) is 9.50. The quantitative estimate of drug-likeness (QED) is 0.337. The molecule has 6 nitrogen and oxygen atoms in total. The van der Waals surface area contributed by atoms with Gasteiger partial charge in [0.1, 0.15) is 12.4 Å². The lowest BCUT2D eigenvalue weighted by atomic mass is 10.1. The molecule has 1 atom stereocenters. The van der Waals surface area contributed by atoms with E-state index in [1.54, 1.807) is 0 Å². The largest absolute Gasteiger partial charge is 0.489 e. The van der Waals surface area contributed by atoms with Crippen molar-refractivity contribution in [1.29, 1.82) is 0 Å². The number of benzene rings is 2. The average molecular weight is 412 g/mol. The standard InChI is InChI=1S/C24H33N3O3/c1-2-25-24(26-13-7-14-29-23-12-15-28-19-23)27-17-20-8-6-9-21(16-20)18-30-22-10-4-3-5-11-22/h3-6,8-11,16,23H,2,7,12-15,17-19H2,1H3,(H2,25,26,27). The summed E-state index contributed by atoms with van der Waals surface area (Å²) in [6.45, 7) is 7.17. The lowest BCUT2D eigenvalue weighted by molar-refractivity contribution is 0.0420. The third-order valence-electron chi connectivity index (χ3n) is 4.76. The number of hydrogen-bond acceptors (Lipinski definition) is 4. The van der Waals surface area contributed by atoms with Crippen LogP contribution in [0.1, 0.15) is 30.9 Å². The molecule has 162 valence electrons. The maximum Gasteiger partial charge on any atom is 0.191 e. The highest BCUT2D eigenvalue weighted by Crippen LogP contribution is 2.13. The zero-order valence-corrected chi connectivity index (χ0v) is 17.8. The van der Waals surface area contributed by atoms with Crippen molar-refractivity contribution in [2.24, 2.45) is 4.99 Å². The van der Waals surface area contributed by atoms with Crippen molar-refractivity contribution in [2.45, 2.75) is 39.0 Å². The van der Waals surface area contributed by atoms with E-state index in [0.29, 0.717) is 13.2 Å². The van der Waals surface area contributed by atoms with Gasteiger partial charge in [-0.2, -0.15) is 0 Å². The Bertz CT molecular complexity index is 761. The number of aliphatic imine (C=N–C) groups is 1. The number of guanidine groups is 1. The number of rotatable bonds is 11. The number of nitrogens with zero attached hydrogens (tertiary/aromatic N) is 1. The Morgan fingerprint density at radius 1 is 1.10 bits per heavy atom. The second kappa shape index (κ2) is 12.9. The number of hydrogen-bond donors (Lipinski definition) is 2. The van der Waals surface area contributed by atoms with Crippen LogP contribution in [0.4, 0.5) is 0 Å². The third-order valence-corrected chi connectivity index (χ3v) is 4.76. The lowest BCUT2D eigenvalue weighted by Gasteiger charge is -2.13. The summed E-state index contributed by atoms with van der Waals surface area (Å²) in [7, 11) is 0. The number of para-hydroxylation sites is 1. The zero-order chi connectivity index (χ0) is 20.9. The van der Waals surface area contributed by atoms with E-state index >= 15 is 0 Å². The predicted octanol–water partition coefficient (Wildman–Crippen LogP) is 3.52. The Morgan fingerprint density at radius 2 is 1.97 bits per heavy atom. The molecular formula is C24H33N3O3. The van der Waals surface area contributed by atoms with Crippen molar-refractivity contribution in [1.82, 2.24) is 10.6 Å². The minimum atomic E-state index is 0.269. The molecule has 0 spiro atoms. The van der Waals surface area contributed by atoms with Crippen molar-refractivity contribution >= 4 is 5.96 Å². The molecule has 0 aromatic heterocycles. The van der Waals surface area contributed by atoms with Crippen LogP contribution in [0.2, 0.25) is 0 Å². The second-order valence-corrected chi connectivity index (χ2v) is 7.25. The van der Waals surface area contributed by atoms with Crippen LogP contribution in [0.3, 0.4) is 0 Å². The van der Waals surface area contributed by atoms with E-state index in [1.165, 1.54) is 0 Å². The number of nitrogens with one attached hydrogen (secondary N) is 2. The van der Waals surface area contributed by atoms with Gasteiger partial charge in [-0.05, 0) is 43.0 Å². The van der Waals surface area contributed by atoms with Crippen LogP contribution in [0.15, 0.2) is 59.6 Å². The van der Waals surface area contributed by atoms with E-state index < -0.39 is 0 Å². The zero-order valence-electron chi connectivity index (χ0n) is 17.8. The van der Waals surface area contributed by atoms with E-state index in [1.807, 2.05) is 30.3 Å². The second-order valence-electron chi connectivity index (χ2n) is 7.25. The molecule has 1 heterocycles. The van der Waals surface area contributed by atoms with E-state index in [9.17, 15) is 0 Å². The molecule has 2 aromatic rings. The maximum atomic E-state index is 5.84. The minimum Gasteiger partial charge on any atom is -0.489 e. The van der Waals surface area contributed by atoms with Gasteiger partial charge in [0.15, 0.2) is 5.96 Å². The van der Waals surface area contributed by atoms with E-state index in [2.05, 4.69) is 41.8 Å². The van der Waals surface area contributed by atoms with Gasteiger partial charge >= 0.3 is 0 Å². The van der Waals surface area contributed by atoms with Gasteiger partial charge in [-0.25, -0.2) is 4.99 Å². The van der Waals surface area contributed by atoms with Gasteiger partial charge in [-0.3, -0.25) is 0 Å². The van der Waals surface area contributed by atoms with Crippen LogP contribution < -0.4 is 15.4 Å². The summed E-state index contributed by atoms with van der Waals surface area (Å²) in [5.41, 5.74) is 2.29. The topological polar surface area (TPSA) is 64.1 Å². The molecule has 0 bridgehead atoms. The van der Waals surface area contributed by atoms with Crippen LogP contribution >= 0.6 is 0 Å². The highest BCUT2D eigenvalue weighted by molar-refractivity contribution is 5.79. The van der Waals surface area contributed by atoms with Gasteiger partial charge in [0, 0.05) is 26.3 Å². The first-order valence-corrected chi connectivity index (χ1v) is 10.8. The van der Waals surface area contributed by atoms with Gasteiger partial charge in [0.05, 0.1) is 19.3 Å². The monoisotopic (exact) mass is 411 g/mol. The molecule has 1 unspecified atom stereocenters. The van der Waals surface area contributed by atoms with Gasteiger partial charge in [0.2, 0.25) is 0 Å². The fourth-order valence-electron chi connectivity index (χ4n) is 3.19. The fraction of sp³-hybridized carbons (Fsp3) is 0.458. The highest BCUT2D eigenvalue weighted by atomic mass is 16.5. The van der Waals surface area contributed by atoms with Crippen molar-refractivity contribution < 1.29 is 14.2 Å². The van der Waals surface area contributed by atoms with Gasteiger partial charge in [-0.15, -0.1) is 0 Å². The third kappa shape index (κ3) is 8.05. The van der Waals surface area contributed by atoms with Crippen LogP contribution in [0, 0.1) is 0 Å². The molecule has 1 aliphatic rings. The predicted molar refractivity (Wildman–Crippen MR) is 120 cm³/mol. The molecule has 3 rings (SSSR count). The molecule has 1 fully saturated rings. The molecule has 30 heavy (non-hydrogen) atoms. The van der Waals surface area contributed by atoms with Crippen LogP contribution in [0.25, 0.3) is 0 Å². The Hall–Kier alpha value is -2.57. The molecule has 1 saturated heterocycles. The Balaban J connectivity index is 1.42. The van der Waals surface area contributed by atoms with E-state index in [0.717, 1.165) is 68.6 Å². The molecule has 0 aliphatic carbocycles. The fourth-order valence-corrected chi connectivity index (χ4v) is 3.19. The van der Waals surface area contributed by atoms with Crippen molar-refractivity contribution in [3.8, 4) is 5.75 Å². The summed E-state index contributed by atoms with van der Waals surface area (Å²) < 4.78 is 17.0. The minimum absolute atomic E-state index is 0.269. The molecule has 0 amide bonds. The highest BCUT2D eigenvalue weighted by Gasteiger charge is 2.15. The maximum absolute atomic E-state index is 5.84. The molecule has 0 saturated carbocycles.